The predicted octanol–water partition coefficient (Wildman–Crippen LogP) is 4.69. The molecule has 0 fully saturated rings. The Bertz CT molecular complexity index is 1330. The van der Waals surface area contributed by atoms with Crippen LogP contribution in [0.15, 0.2) is 85.2 Å². The molecule has 4 rings (SSSR count). The van der Waals surface area contributed by atoms with Gasteiger partial charge in [0.15, 0.2) is 0 Å². The van der Waals surface area contributed by atoms with Crippen LogP contribution in [0.1, 0.15) is 10.4 Å². The third-order valence-corrected chi connectivity index (χ3v) is 4.75. The van der Waals surface area contributed by atoms with Crippen molar-refractivity contribution >= 4 is 28.9 Å². The quantitative estimate of drug-likeness (QED) is 0.234. The summed E-state index contributed by atoms with van der Waals surface area (Å²) in [5.41, 5.74) is 5.23. The molecule has 4 aromatic rings. The molecule has 1 heterocycles. The average Bonchev–Trinajstić information content (AvgIpc) is 2.89. The number of hydrogen-bond donors (Lipinski definition) is 3. The smallest absolute Gasteiger partial charge is 0.355 e. The number of nitro groups is 1. The van der Waals surface area contributed by atoms with Crippen LogP contribution in [0.5, 0.6) is 17.2 Å². The van der Waals surface area contributed by atoms with Crippen molar-refractivity contribution in [3.05, 3.63) is 101 Å². The van der Waals surface area contributed by atoms with Gasteiger partial charge in [-0.15, -0.1) is 0 Å². The van der Waals surface area contributed by atoms with Gasteiger partial charge in [0.1, 0.15) is 23.6 Å². The standard InChI is InChI=1S/C24H20N6O5/c1-34-20-10-6-5-9-19(20)24(31)29-28-23-21(30(32)33)22(25-15-26-23)27-16-11-13-18(14-12-16)35-17-7-3-2-4-8-17/h2-15H,1H3,(H,29,31)(H2,25,26,27,28). The highest BCUT2D eigenvalue weighted by atomic mass is 16.6. The number of aromatic nitrogens is 2. The summed E-state index contributed by atoms with van der Waals surface area (Å²) < 4.78 is 10.9. The number of nitrogens with one attached hydrogen (secondary N) is 3. The largest absolute Gasteiger partial charge is 0.496 e. The zero-order chi connectivity index (χ0) is 24.6. The fourth-order valence-electron chi connectivity index (χ4n) is 3.12. The minimum Gasteiger partial charge on any atom is -0.496 e. The number of hydrazine groups is 1. The van der Waals surface area contributed by atoms with E-state index in [1.807, 2.05) is 30.3 Å². The molecule has 0 saturated carbocycles. The summed E-state index contributed by atoms with van der Waals surface area (Å²) in [7, 11) is 1.44. The van der Waals surface area contributed by atoms with Gasteiger partial charge in [-0.2, -0.15) is 0 Å². The van der Waals surface area contributed by atoms with Crippen molar-refractivity contribution in [2.75, 3.05) is 17.9 Å². The third kappa shape index (κ3) is 5.60. The van der Waals surface area contributed by atoms with Crippen LogP contribution >= 0.6 is 0 Å². The number of para-hydroxylation sites is 2. The Balaban J connectivity index is 1.49. The zero-order valence-corrected chi connectivity index (χ0v) is 18.5. The third-order valence-electron chi connectivity index (χ3n) is 4.75. The summed E-state index contributed by atoms with van der Waals surface area (Å²) in [5.74, 6) is 0.825. The first kappa shape index (κ1) is 23.0. The zero-order valence-electron chi connectivity index (χ0n) is 18.5. The Morgan fingerprint density at radius 3 is 2.26 bits per heavy atom. The van der Waals surface area contributed by atoms with Crippen LogP contribution in [-0.2, 0) is 0 Å². The number of rotatable bonds is 9. The molecule has 0 saturated heterocycles. The van der Waals surface area contributed by atoms with Gasteiger partial charge in [-0.3, -0.25) is 25.8 Å². The summed E-state index contributed by atoms with van der Waals surface area (Å²) in [6.07, 6.45) is 1.14. The molecule has 0 radical (unpaired) electrons. The normalized spacial score (nSPS) is 10.2. The van der Waals surface area contributed by atoms with Crippen LogP contribution in [0, 0.1) is 10.1 Å². The molecule has 176 valence electrons. The minimum atomic E-state index is -0.646. The summed E-state index contributed by atoms with van der Waals surface area (Å²) >= 11 is 0. The van der Waals surface area contributed by atoms with Crippen LogP contribution in [0.2, 0.25) is 0 Å². The predicted molar refractivity (Wildman–Crippen MR) is 129 cm³/mol. The molecule has 0 aliphatic carbocycles. The van der Waals surface area contributed by atoms with Crippen LogP contribution in [0.3, 0.4) is 0 Å². The lowest BCUT2D eigenvalue weighted by molar-refractivity contribution is -0.383. The van der Waals surface area contributed by atoms with E-state index in [1.54, 1.807) is 48.5 Å². The summed E-state index contributed by atoms with van der Waals surface area (Å²) in [6, 6.07) is 22.7. The van der Waals surface area contributed by atoms with Crippen LogP contribution in [-0.4, -0.2) is 27.9 Å². The van der Waals surface area contributed by atoms with Crippen molar-refractivity contribution in [3.63, 3.8) is 0 Å². The molecule has 0 spiro atoms. The second-order valence-corrected chi connectivity index (χ2v) is 7.02. The Kier molecular flexibility index (Phi) is 6.97. The fraction of sp³-hybridized carbons (Fsp3) is 0.0417. The topological polar surface area (TPSA) is 141 Å². The van der Waals surface area contributed by atoms with Crippen LogP contribution in [0.25, 0.3) is 0 Å². The van der Waals surface area contributed by atoms with Gasteiger partial charge in [0, 0.05) is 5.69 Å². The molecule has 35 heavy (non-hydrogen) atoms. The van der Waals surface area contributed by atoms with Gasteiger partial charge < -0.3 is 14.8 Å². The summed E-state index contributed by atoms with van der Waals surface area (Å²) in [6.45, 7) is 0. The Hall–Kier alpha value is -5.19. The molecular weight excluding hydrogens is 452 g/mol. The monoisotopic (exact) mass is 472 g/mol. The first-order valence-corrected chi connectivity index (χ1v) is 10.3. The molecule has 3 N–H and O–H groups in total. The molecule has 11 nitrogen and oxygen atoms in total. The first-order valence-electron chi connectivity index (χ1n) is 10.3. The van der Waals surface area contributed by atoms with Gasteiger partial charge in [-0.05, 0) is 48.5 Å². The molecule has 3 aromatic carbocycles. The lowest BCUT2D eigenvalue weighted by atomic mass is 10.2. The number of amides is 1. The van der Waals surface area contributed by atoms with Crippen molar-refractivity contribution in [2.24, 2.45) is 0 Å². The van der Waals surface area contributed by atoms with E-state index in [0.717, 1.165) is 6.33 Å². The maximum absolute atomic E-state index is 12.5. The number of carbonyl (C=O) groups is 1. The van der Waals surface area contributed by atoms with Gasteiger partial charge in [0.2, 0.25) is 11.6 Å². The maximum atomic E-state index is 12.5. The molecular formula is C24H20N6O5. The van der Waals surface area contributed by atoms with Crippen molar-refractivity contribution in [1.29, 1.82) is 0 Å². The molecule has 0 aliphatic heterocycles. The van der Waals surface area contributed by atoms with Gasteiger partial charge in [0.25, 0.3) is 5.91 Å². The fourth-order valence-corrected chi connectivity index (χ4v) is 3.12. The molecule has 0 aliphatic rings. The van der Waals surface area contributed by atoms with Gasteiger partial charge in [-0.25, -0.2) is 9.97 Å². The van der Waals surface area contributed by atoms with Gasteiger partial charge >= 0.3 is 5.69 Å². The van der Waals surface area contributed by atoms with E-state index >= 15 is 0 Å². The highest BCUT2D eigenvalue weighted by Gasteiger charge is 2.24. The van der Waals surface area contributed by atoms with Gasteiger partial charge in [0.05, 0.1) is 17.6 Å². The van der Waals surface area contributed by atoms with E-state index in [4.69, 9.17) is 9.47 Å². The Morgan fingerprint density at radius 2 is 1.54 bits per heavy atom. The molecule has 0 unspecified atom stereocenters. The number of anilines is 3. The van der Waals surface area contributed by atoms with Crippen LogP contribution in [0.4, 0.5) is 23.0 Å². The second kappa shape index (κ2) is 10.6. The second-order valence-electron chi connectivity index (χ2n) is 7.02. The maximum Gasteiger partial charge on any atom is 0.355 e. The van der Waals surface area contributed by atoms with E-state index in [0.29, 0.717) is 22.9 Å². The van der Waals surface area contributed by atoms with E-state index in [-0.39, 0.29) is 17.2 Å². The van der Waals surface area contributed by atoms with E-state index in [1.165, 1.54) is 7.11 Å². The number of nitrogens with zero attached hydrogens (tertiary/aromatic N) is 3. The van der Waals surface area contributed by atoms with Crippen molar-refractivity contribution in [1.82, 2.24) is 15.4 Å². The van der Waals surface area contributed by atoms with Crippen LogP contribution < -0.4 is 25.6 Å². The molecule has 0 bridgehead atoms. The Labute approximate surface area is 199 Å². The van der Waals surface area contributed by atoms with Crippen molar-refractivity contribution in [2.45, 2.75) is 0 Å². The Morgan fingerprint density at radius 1 is 0.886 bits per heavy atom. The molecule has 1 amide bonds. The minimum absolute atomic E-state index is 0.0595. The molecule has 11 heteroatoms. The van der Waals surface area contributed by atoms with Crippen molar-refractivity contribution in [3.8, 4) is 17.2 Å². The number of ether oxygens (including phenoxy) is 2. The van der Waals surface area contributed by atoms with E-state index in [2.05, 4.69) is 26.1 Å². The lowest BCUT2D eigenvalue weighted by Gasteiger charge is -2.12. The van der Waals surface area contributed by atoms with Crippen molar-refractivity contribution < 1.29 is 19.2 Å². The number of carbonyl (C=O) groups excluding carboxylic acids is 1. The number of benzene rings is 3. The number of methoxy groups -OCH3 is 1. The molecule has 1 aromatic heterocycles. The summed E-state index contributed by atoms with van der Waals surface area (Å²) in [4.78, 5) is 31.6. The van der Waals surface area contributed by atoms with E-state index in [9.17, 15) is 14.9 Å². The number of hydrogen-bond acceptors (Lipinski definition) is 9. The summed E-state index contributed by atoms with van der Waals surface area (Å²) in [5, 5.41) is 14.7. The highest BCUT2D eigenvalue weighted by Crippen LogP contribution is 2.31. The molecule has 0 atom stereocenters. The SMILES string of the molecule is COc1ccccc1C(=O)NNc1ncnc(Nc2ccc(Oc3ccccc3)cc2)c1[N+](=O)[O-]. The van der Waals surface area contributed by atoms with Gasteiger partial charge in [-0.1, -0.05) is 30.3 Å². The average molecular weight is 472 g/mol. The first-order chi connectivity index (χ1) is 17.0. The highest BCUT2D eigenvalue weighted by molar-refractivity contribution is 5.97. The lowest BCUT2D eigenvalue weighted by Crippen LogP contribution is -2.30. The van der Waals surface area contributed by atoms with E-state index < -0.39 is 16.5 Å².